The number of hydrogen-bond acceptors (Lipinski definition) is 5. The fourth-order valence-corrected chi connectivity index (χ4v) is 3.03. The summed E-state index contributed by atoms with van der Waals surface area (Å²) in [7, 11) is 1.34. The van der Waals surface area contributed by atoms with Crippen molar-refractivity contribution in [1.82, 2.24) is 10.6 Å². The molecular formula is C13H24N2O3S. The number of carbonyl (C=O) groups excluding carboxylic acids is 2. The van der Waals surface area contributed by atoms with Crippen LogP contribution in [0.15, 0.2) is 0 Å². The Labute approximate surface area is 119 Å². The summed E-state index contributed by atoms with van der Waals surface area (Å²) in [5.74, 6) is -0.0339. The maximum Gasteiger partial charge on any atom is 0.328 e. The molecule has 5 nitrogen and oxygen atoms in total. The second-order valence-electron chi connectivity index (χ2n) is 5.07. The van der Waals surface area contributed by atoms with Crippen LogP contribution in [0.1, 0.15) is 26.7 Å². The van der Waals surface area contributed by atoms with Crippen molar-refractivity contribution in [2.45, 2.75) is 38.0 Å². The van der Waals surface area contributed by atoms with Gasteiger partial charge in [-0.05, 0) is 31.8 Å². The van der Waals surface area contributed by atoms with E-state index in [9.17, 15) is 9.59 Å². The van der Waals surface area contributed by atoms with Crippen LogP contribution in [0, 0.1) is 5.92 Å². The molecule has 0 aromatic rings. The summed E-state index contributed by atoms with van der Waals surface area (Å²) >= 11 is 1.67. The molecule has 0 aliphatic carbocycles. The van der Waals surface area contributed by atoms with E-state index in [2.05, 4.69) is 10.6 Å². The first-order valence-corrected chi connectivity index (χ1v) is 7.79. The minimum absolute atomic E-state index is 0.0280. The van der Waals surface area contributed by atoms with Crippen LogP contribution in [-0.4, -0.2) is 49.1 Å². The number of esters is 1. The van der Waals surface area contributed by atoms with Gasteiger partial charge in [0.2, 0.25) is 5.91 Å². The zero-order chi connectivity index (χ0) is 14.3. The van der Waals surface area contributed by atoms with Gasteiger partial charge in [-0.2, -0.15) is 0 Å². The van der Waals surface area contributed by atoms with Gasteiger partial charge < -0.3 is 15.4 Å². The molecule has 0 radical (unpaired) electrons. The molecular weight excluding hydrogens is 264 g/mol. The monoisotopic (exact) mass is 288 g/mol. The van der Waals surface area contributed by atoms with Gasteiger partial charge in [0.1, 0.15) is 6.04 Å². The minimum atomic E-state index is -0.550. The van der Waals surface area contributed by atoms with Crippen molar-refractivity contribution in [2.75, 3.05) is 26.0 Å². The second-order valence-corrected chi connectivity index (χ2v) is 6.36. The first kappa shape index (κ1) is 16.3. The largest absolute Gasteiger partial charge is 0.467 e. The first-order chi connectivity index (χ1) is 9.04. The molecule has 2 N–H and O–H groups in total. The summed E-state index contributed by atoms with van der Waals surface area (Å²) in [4.78, 5) is 23.4. The Bertz CT molecular complexity index is 304. The highest BCUT2D eigenvalue weighted by molar-refractivity contribution is 8.00. The molecule has 1 saturated heterocycles. The highest BCUT2D eigenvalue weighted by Crippen LogP contribution is 2.19. The second kappa shape index (κ2) is 8.43. The quantitative estimate of drug-likeness (QED) is 0.707. The van der Waals surface area contributed by atoms with E-state index >= 15 is 0 Å². The normalized spacial score (nSPS) is 18.1. The van der Waals surface area contributed by atoms with Crippen molar-refractivity contribution in [1.29, 1.82) is 0 Å². The fraction of sp³-hybridized carbons (Fsp3) is 0.846. The van der Waals surface area contributed by atoms with Crippen molar-refractivity contribution in [3.8, 4) is 0 Å². The number of amides is 1. The number of hydrogen-bond donors (Lipinski definition) is 2. The molecule has 0 saturated carbocycles. The van der Waals surface area contributed by atoms with E-state index < -0.39 is 6.04 Å². The molecule has 0 spiro atoms. The smallest absolute Gasteiger partial charge is 0.328 e. The molecule has 110 valence electrons. The topological polar surface area (TPSA) is 67.4 Å². The first-order valence-electron chi connectivity index (χ1n) is 6.74. The van der Waals surface area contributed by atoms with E-state index in [0.717, 1.165) is 25.9 Å². The van der Waals surface area contributed by atoms with Gasteiger partial charge in [-0.3, -0.25) is 4.79 Å². The zero-order valence-corrected chi connectivity index (χ0v) is 12.7. The van der Waals surface area contributed by atoms with Crippen LogP contribution in [-0.2, 0) is 14.3 Å². The molecule has 1 aliphatic rings. The average Bonchev–Trinajstić information content (AvgIpc) is 2.42. The lowest BCUT2D eigenvalue weighted by molar-refractivity contribution is -0.146. The number of piperidine rings is 1. The number of thioether (sulfide) groups is 1. The van der Waals surface area contributed by atoms with Crippen molar-refractivity contribution in [3.05, 3.63) is 0 Å². The summed E-state index contributed by atoms with van der Waals surface area (Å²) in [5.41, 5.74) is 0. The maximum atomic E-state index is 11.9. The minimum Gasteiger partial charge on any atom is -0.467 e. The van der Waals surface area contributed by atoms with Crippen molar-refractivity contribution >= 4 is 23.6 Å². The lowest BCUT2D eigenvalue weighted by atomic mass is 10.1. The molecule has 19 heavy (non-hydrogen) atoms. The van der Waals surface area contributed by atoms with Crippen molar-refractivity contribution in [3.63, 3.8) is 0 Å². The summed E-state index contributed by atoms with van der Waals surface area (Å²) in [6.07, 6.45) is 2.20. The maximum absolute atomic E-state index is 11.9. The van der Waals surface area contributed by atoms with Gasteiger partial charge >= 0.3 is 5.97 Å². The van der Waals surface area contributed by atoms with Gasteiger partial charge in [-0.15, -0.1) is 11.8 Å². The van der Waals surface area contributed by atoms with E-state index in [0.29, 0.717) is 11.0 Å². The molecule has 1 rings (SSSR count). The lowest BCUT2D eigenvalue weighted by Gasteiger charge is -2.23. The fourth-order valence-electron chi connectivity index (χ4n) is 2.00. The Balaban J connectivity index is 2.33. The van der Waals surface area contributed by atoms with E-state index in [1.54, 1.807) is 11.8 Å². The predicted molar refractivity (Wildman–Crippen MR) is 77.1 cm³/mol. The molecule has 1 atom stereocenters. The van der Waals surface area contributed by atoms with Gasteiger partial charge in [-0.1, -0.05) is 13.8 Å². The standard InChI is InChI=1S/C13H24N2O3S/c1-9(2)12(13(17)18-3)15-11(16)8-19-10-4-6-14-7-5-10/h9-10,12,14H,4-8H2,1-3H3,(H,15,16)/t12-/m0/s1. The Hall–Kier alpha value is -0.750. The molecule has 1 amide bonds. The van der Waals surface area contributed by atoms with Gasteiger partial charge in [0.15, 0.2) is 0 Å². The number of rotatable bonds is 6. The van der Waals surface area contributed by atoms with Crippen LogP contribution in [0.3, 0.4) is 0 Å². The number of carbonyl (C=O) groups is 2. The van der Waals surface area contributed by atoms with Crippen LogP contribution >= 0.6 is 11.8 Å². The third kappa shape index (κ3) is 5.82. The number of ether oxygens (including phenoxy) is 1. The van der Waals surface area contributed by atoms with Crippen LogP contribution in [0.25, 0.3) is 0 Å². The Kier molecular flexibility index (Phi) is 7.23. The zero-order valence-electron chi connectivity index (χ0n) is 11.9. The van der Waals surface area contributed by atoms with Crippen LogP contribution in [0.4, 0.5) is 0 Å². The van der Waals surface area contributed by atoms with E-state index in [-0.39, 0.29) is 17.8 Å². The summed E-state index contributed by atoms with van der Waals surface area (Å²) in [6.45, 7) is 5.83. The van der Waals surface area contributed by atoms with E-state index in [1.165, 1.54) is 7.11 Å². The molecule has 6 heteroatoms. The average molecular weight is 288 g/mol. The van der Waals surface area contributed by atoms with E-state index in [1.807, 2.05) is 13.8 Å². The van der Waals surface area contributed by atoms with Crippen molar-refractivity contribution < 1.29 is 14.3 Å². The molecule has 1 heterocycles. The molecule has 0 aromatic heterocycles. The van der Waals surface area contributed by atoms with E-state index in [4.69, 9.17) is 4.74 Å². The molecule has 1 aliphatic heterocycles. The van der Waals surface area contributed by atoms with Crippen LogP contribution in [0.5, 0.6) is 0 Å². The molecule has 0 aromatic carbocycles. The molecule has 1 fully saturated rings. The summed E-state index contributed by atoms with van der Waals surface area (Å²) in [5, 5.41) is 6.60. The van der Waals surface area contributed by atoms with Crippen molar-refractivity contribution in [2.24, 2.45) is 5.92 Å². The highest BCUT2D eigenvalue weighted by atomic mass is 32.2. The predicted octanol–water partition coefficient (Wildman–Crippen LogP) is 0.785. The van der Waals surface area contributed by atoms with Crippen LogP contribution in [0.2, 0.25) is 0 Å². The third-order valence-electron chi connectivity index (χ3n) is 3.17. The molecule has 0 unspecified atom stereocenters. The Morgan fingerprint density at radius 2 is 2.00 bits per heavy atom. The van der Waals surface area contributed by atoms with Gasteiger partial charge in [-0.25, -0.2) is 4.79 Å². The van der Waals surface area contributed by atoms with Gasteiger partial charge in [0.25, 0.3) is 0 Å². The number of methoxy groups -OCH3 is 1. The van der Waals surface area contributed by atoms with Gasteiger partial charge in [0.05, 0.1) is 12.9 Å². The Morgan fingerprint density at radius 1 is 1.37 bits per heavy atom. The number of nitrogens with one attached hydrogen (secondary N) is 2. The highest BCUT2D eigenvalue weighted by Gasteiger charge is 2.25. The Morgan fingerprint density at radius 3 is 2.53 bits per heavy atom. The molecule has 0 bridgehead atoms. The van der Waals surface area contributed by atoms with Gasteiger partial charge in [0, 0.05) is 5.25 Å². The van der Waals surface area contributed by atoms with Crippen LogP contribution < -0.4 is 10.6 Å². The lowest BCUT2D eigenvalue weighted by Crippen LogP contribution is -2.46. The summed E-state index contributed by atoms with van der Waals surface area (Å²) < 4.78 is 4.70. The SMILES string of the molecule is COC(=O)[C@@H](NC(=O)CSC1CCNCC1)C(C)C. The summed E-state index contributed by atoms with van der Waals surface area (Å²) in [6, 6.07) is -0.550. The third-order valence-corrected chi connectivity index (χ3v) is 4.55.